The molecule has 0 aromatic rings. The molecular weight excluding hydrogens is 414 g/mol. The van der Waals surface area contributed by atoms with E-state index >= 15 is 0 Å². The van der Waals surface area contributed by atoms with E-state index in [0.29, 0.717) is 0 Å². The first-order valence-electron chi connectivity index (χ1n) is 9.69. The molecule has 0 spiro atoms. The van der Waals surface area contributed by atoms with Crippen LogP contribution in [0.25, 0.3) is 0 Å². The van der Waals surface area contributed by atoms with Gasteiger partial charge in [0.1, 0.15) is 18.6 Å². The minimum Gasteiger partial charge on any atom is -0.481 e. The van der Waals surface area contributed by atoms with E-state index in [1.807, 2.05) is 0 Å². The van der Waals surface area contributed by atoms with Gasteiger partial charge in [-0.15, -0.1) is 0 Å². The molecule has 0 saturated carbocycles. The largest absolute Gasteiger partial charge is 0.481 e. The van der Waals surface area contributed by atoms with Crippen molar-refractivity contribution < 1.29 is 39.0 Å². The second-order valence-electron chi connectivity index (χ2n) is 7.41. The number of hydrogen-bond acceptors (Lipinski definition) is 7. The second-order valence-corrected chi connectivity index (χ2v) is 7.41. The van der Waals surface area contributed by atoms with Crippen LogP contribution in [0, 0.1) is 5.92 Å². The van der Waals surface area contributed by atoms with Gasteiger partial charge in [-0.25, -0.2) is 0 Å². The Kier molecular flexibility index (Phi) is 12.5. The Morgan fingerprint density at radius 1 is 0.806 bits per heavy atom. The lowest BCUT2D eigenvalue weighted by atomic mass is 10.0. The predicted octanol–water partition coefficient (Wildman–Crippen LogP) is -2.34. The van der Waals surface area contributed by atoms with E-state index < -0.39 is 60.2 Å². The number of hydrogen-bond donors (Lipinski definition) is 7. The molecule has 0 heterocycles. The molecular formula is C18H31N5O8. The molecule has 13 heteroatoms. The lowest BCUT2D eigenvalue weighted by molar-refractivity contribution is -0.139. The molecule has 0 bridgehead atoms. The Morgan fingerprint density at radius 3 is 1.87 bits per heavy atom. The topological polar surface area (TPSA) is 231 Å². The van der Waals surface area contributed by atoms with E-state index in [2.05, 4.69) is 16.0 Å². The molecule has 3 atom stereocenters. The molecule has 176 valence electrons. The van der Waals surface area contributed by atoms with Crippen LogP contribution in [-0.2, 0) is 28.8 Å². The monoisotopic (exact) mass is 445 g/mol. The first-order valence-corrected chi connectivity index (χ1v) is 9.69. The molecule has 0 aliphatic rings. The van der Waals surface area contributed by atoms with Crippen LogP contribution >= 0.6 is 0 Å². The maximum Gasteiger partial charge on any atom is 0.322 e. The number of rotatable bonds is 15. The minimum atomic E-state index is -1.30. The molecule has 0 rings (SSSR count). The fraction of sp³-hybridized carbons (Fsp3) is 0.667. The molecule has 13 nitrogen and oxygen atoms in total. The van der Waals surface area contributed by atoms with E-state index in [4.69, 9.17) is 21.7 Å². The Bertz CT molecular complexity index is 682. The van der Waals surface area contributed by atoms with Crippen molar-refractivity contribution in [1.82, 2.24) is 16.0 Å². The van der Waals surface area contributed by atoms with Crippen molar-refractivity contribution in [2.24, 2.45) is 17.4 Å². The SMILES string of the molecule is CC(C)CC(NC(=O)C(N)CCC(=O)O)C(=O)NC(CCC(N)=O)C(=O)NCC(=O)O. The second kappa shape index (κ2) is 13.9. The number of carbonyl (C=O) groups excluding carboxylic acids is 4. The number of nitrogens with one attached hydrogen (secondary N) is 3. The van der Waals surface area contributed by atoms with Crippen molar-refractivity contribution in [3.63, 3.8) is 0 Å². The van der Waals surface area contributed by atoms with Gasteiger partial charge >= 0.3 is 11.9 Å². The van der Waals surface area contributed by atoms with Crippen LogP contribution in [0.4, 0.5) is 0 Å². The predicted molar refractivity (Wildman–Crippen MR) is 107 cm³/mol. The summed E-state index contributed by atoms with van der Waals surface area (Å²) < 4.78 is 0. The summed E-state index contributed by atoms with van der Waals surface area (Å²) in [6, 6.07) is -3.50. The number of primary amides is 1. The highest BCUT2D eigenvalue weighted by Gasteiger charge is 2.29. The minimum absolute atomic E-state index is 0.0452. The fourth-order valence-electron chi connectivity index (χ4n) is 2.51. The van der Waals surface area contributed by atoms with Gasteiger partial charge in [0.05, 0.1) is 6.04 Å². The first kappa shape index (κ1) is 27.8. The zero-order valence-electron chi connectivity index (χ0n) is 17.6. The molecule has 31 heavy (non-hydrogen) atoms. The van der Waals surface area contributed by atoms with Crippen molar-refractivity contribution in [3.05, 3.63) is 0 Å². The summed E-state index contributed by atoms with van der Waals surface area (Å²) in [4.78, 5) is 69.5. The summed E-state index contributed by atoms with van der Waals surface area (Å²) in [6.45, 7) is 2.90. The van der Waals surface area contributed by atoms with Crippen LogP contribution in [-0.4, -0.2) is 70.5 Å². The number of nitrogens with two attached hydrogens (primary N) is 2. The summed E-state index contributed by atoms with van der Waals surface area (Å²) in [5.41, 5.74) is 10.7. The lowest BCUT2D eigenvalue weighted by Crippen LogP contribution is -2.56. The number of carboxylic acids is 2. The molecule has 3 unspecified atom stereocenters. The molecule has 0 fully saturated rings. The molecule has 0 aliphatic carbocycles. The quantitative estimate of drug-likeness (QED) is 0.143. The number of carboxylic acid groups (broad SMARTS) is 2. The van der Waals surface area contributed by atoms with Gasteiger partial charge in [0.25, 0.3) is 0 Å². The van der Waals surface area contributed by atoms with Crippen molar-refractivity contribution in [2.75, 3.05) is 6.54 Å². The highest BCUT2D eigenvalue weighted by atomic mass is 16.4. The average Bonchev–Trinajstić information content (AvgIpc) is 2.65. The summed E-state index contributed by atoms with van der Waals surface area (Å²) >= 11 is 0. The standard InChI is InChI=1S/C18H31N5O8/c1-9(2)7-12(23-16(29)10(19)3-6-14(25)26)18(31)22-11(4-5-13(20)24)17(30)21-8-15(27)28/h9-12H,3-8,19H2,1-2H3,(H2,20,24)(H,21,30)(H,22,31)(H,23,29)(H,25,26)(H,27,28). The van der Waals surface area contributed by atoms with Gasteiger partial charge in [0.2, 0.25) is 23.6 Å². The Morgan fingerprint density at radius 2 is 1.39 bits per heavy atom. The summed E-state index contributed by atoms with van der Waals surface area (Å²) in [6.07, 6.45) is -0.688. The fourth-order valence-corrected chi connectivity index (χ4v) is 2.51. The maximum atomic E-state index is 12.7. The number of aliphatic carboxylic acids is 2. The van der Waals surface area contributed by atoms with Crippen molar-refractivity contribution in [1.29, 1.82) is 0 Å². The van der Waals surface area contributed by atoms with E-state index in [9.17, 15) is 28.8 Å². The van der Waals surface area contributed by atoms with Crippen LogP contribution < -0.4 is 27.4 Å². The molecule has 0 aromatic heterocycles. The smallest absolute Gasteiger partial charge is 0.322 e. The van der Waals surface area contributed by atoms with Gasteiger partial charge in [0, 0.05) is 12.8 Å². The Balaban J connectivity index is 5.27. The highest BCUT2D eigenvalue weighted by Crippen LogP contribution is 2.08. The zero-order valence-corrected chi connectivity index (χ0v) is 17.6. The van der Waals surface area contributed by atoms with Crippen LogP contribution in [0.3, 0.4) is 0 Å². The van der Waals surface area contributed by atoms with Crippen LogP contribution in [0.5, 0.6) is 0 Å². The first-order chi connectivity index (χ1) is 14.3. The van der Waals surface area contributed by atoms with E-state index in [-0.39, 0.29) is 38.0 Å². The van der Waals surface area contributed by atoms with Gasteiger partial charge in [-0.2, -0.15) is 0 Å². The van der Waals surface area contributed by atoms with Crippen LogP contribution in [0.15, 0.2) is 0 Å². The third kappa shape index (κ3) is 12.8. The van der Waals surface area contributed by atoms with Gasteiger partial charge < -0.3 is 37.6 Å². The third-order valence-electron chi connectivity index (χ3n) is 4.07. The number of amides is 4. The summed E-state index contributed by atoms with van der Waals surface area (Å²) in [7, 11) is 0. The number of carbonyl (C=O) groups is 6. The van der Waals surface area contributed by atoms with Gasteiger partial charge in [-0.05, 0) is 25.2 Å². The molecule has 0 saturated heterocycles. The van der Waals surface area contributed by atoms with Gasteiger partial charge in [-0.3, -0.25) is 28.8 Å². The molecule has 0 aliphatic heterocycles. The summed E-state index contributed by atoms with van der Waals surface area (Å²) in [5, 5.41) is 24.3. The van der Waals surface area contributed by atoms with Crippen molar-refractivity contribution in [2.45, 2.75) is 64.1 Å². The van der Waals surface area contributed by atoms with E-state index in [1.165, 1.54) is 0 Å². The molecule has 0 radical (unpaired) electrons. The molecule has 9 N–H and O–H groups in total. The molecule has 4 amide bonds. The van der Waals surface area contributed by atoms with Gasteiger partial charge in [0.15, 0.2) is 0 Å². The molecule has 0 aromatic carbocycles. The van der Waals surface area contributed by atoms with Crippen molar-refractivity contribution >= 4 is 35.6 Å². The Hall–Kier alpha value is -3.22. The van der Waals surface area contributed by atoms with E-state index in [0.717, 1.165) is 0 Å². The zero-order chi connectivity index (χ0) is 24.1. The lowest BCUT2D eigenvalue weighted by Gasteiger charge is -2.25. The third-order valence-corrected chi connectivity index (χ3v) is 4.07. The van der Waals surface area contributed by atoms with E-state index in [1.54, 1.807) is 13.8 Å². The average molecular weight is 445 g/mol. The maximum absolute atomic E-state index is 12.7. The van der Waals surface area contributed by atoms with Gasteiger partial charge in [-0.1, -0.05) is 13.8 Å². The van der Waals surface area contributed by atoms with Crippen molar-refractivity contribution in [3.8, 4) is 0 Å². The Labute approximate surface area is 179 Å². The van der Waals surface area contributed by atoms with Crippen LogP contribution in [0.2, 0.25) is 0 Å². The highest BCUT2D eigenvalue weighted by molar-refractivity contribution is 5.94. The van der Waals surface area contributed by atoms with Crippen LogP contribution in [0.1, 0.15) is 46.0 Å². The summed E-state index contributed by atoms with van der Waals surface area (Å²) in [5.74, 6) is -5.49. The normalized spacial score (nSPS) is 13.5.